The van der Waals surface area contributed by atoms with Crippen LogP contribution in [0, 0.1) is 5.92 Å². The van der Waals surface area contributed by atoms with E-state index in [-0.39, 0.29) is 30.0 Å². The minimum absolute atomic E-state index is 0.0149. The summed E-state index contributed by atoms with van der Waals surface area (Å²) in [5, 5.41) is 0. The number of alkyl halides is 6. The Labute approximate surface area is 147 Å². The molecule has 0 bridgehead atoms. The van der Waals surface area contributed by atoms with Gasteiger partial charge in [-0.3, -0.25) is 0 Å². The summed E-state index contributed by atoms with van der Waals surface area (Å²) in [6.07, 6.45) is -5.52. The molecular formula is C17H19F6NS. The van der Waals surface area contributed by atoms with Crippen molar-refractivity contribution in [3.8, 4) is 0 Å². The van der Waals surface area contributed by atoms with Crippen LogP contribution in [0.15, 0.2) is 18.2 Å². The molecule has 1 aliphatic carbocycles. The van der Waals surface area contributed by atoms with E-state index in [0.717, 1.165) is 37.8 Å². The van der Waals surface area contributed by atoms with Gasteiger partial charge in [-0.15, -0.1) is 0 Å². The first-order chi connectivity index (χ1) is 11.5. The maximum Gasteiger partial charge on any atom is 0.416 e. The summed E-state index contributed by atoms with van der Waals surface area (Å²) >= 11 is 5.23. The highest BCUT2D eigenvalue weighted by Gasteiger charge is 2.37. The van der Waals surface area contributed by atoms with Crippen molar-refractivity contribution in [2.24, 2.45) is 11.7 Å². The first-order valence-electron chi connectivity index (χ1n) is 8.02. The molecule has 0 saturated heterocycles. The second-order valence-electron chi connectivity index (χ2n) is 6.54. The number of nitrogens with two attached hydrogens (primary N) is 1. The van der Waals surface area contributed by atoms with E-state index < -0.39 is 23.5 Å². The number of thiocarbonyl (C=S) groups is 1. The second-order valence-corrected chi connectivity index (χ2v) is 7.12. The third-order valence-electron chi connectivity index (χ3n) is 4.51. The van der Waals surface area contributed by atoms with E-state index in [1.807, 2.05) is 0 Å². The molecule has 1 aromatic carbocycles. The molecule has 25 heavy (non-hydrogen) atoms. The smallest absolute Gasteiger partial charge is 0.327 e. The van der Waals surface area contributed by atoms with Gasteiger partial charge in [0, 0.05) is 12.5 Å². The zero-order chi connectivity index (χ0) is 18.8. The summed E-state index contributed by atoms with van der Waals surface area (Å²) in [5.41, 5.74) is 3.33. The number of hydrogen-bond donors (Lipinski definition) is 1. The van der Waals surface area contributed by atoms with Gasteiger partial charge in [-0.1, -0.05) is 25.1 Å². The van der Waals surface area contributed by atoms with Gasteiger partial charge in [-0.2, -0.15) is 26.3 Å². The van der Waals surface area contributed by atoms with Crippen LogP contribution < -0.4 is 5.73 Å². The van der Waals surface area contributed by atoms with E-state index in [1.54, 1.807) is 0 Å². The van der Waals surface area contributed by atoms with Crippen LogP contribution in [0.4, 0.5) is 26.3 Å². The van der Waals surface area contributed by atoms with Gasteiger partial charge >= 0.3 is 12.4 Å². The topological polar surface area (TPSA) is 26.0 Å². The maximum absolute atomic E-state index is 12.9. The standard InChI is InChI=1S/C17H19F6NS/c18-16(19,20)12-5-10(6-13(9-12)17(21,22)23)7-14(25)8-11-3-1-2-4-15(11)24/h5-6,9,11,15H,1-4,7-8,24H2/t11-,15+/m1/s1. The van der Waals surface area contributed by atoms with Gasteiger partial charge in [0.05, 0.1) is 11.1 Å². The Bertz CT molecular complexity index is 590. The molecule has 0 spiro atoms. The monoisotopic (exact) mass is 383 g/mol. The van der Waals surface area contributed by atoms with Crippen LogP contribution >= 0.6 is 12.2 Å². The molecule has 0 amide bonds. The van der Waals surface area contributed by atoms with E-state index in [0.29, 0.717) is 11.3 Å². The van der Waals surface area contributed by atoms with Crippen molar-refractivity contribution in [2.75, 3.05) is 0 Å². The molecule has 0 radical (unpaired) electrons. The second kappa shape index (κ2) is 7.61. The average molecular weight is 383 g/mol. The van der Waals surface area contributed by atoms with Crippen LogP contribution in [0.25, 0.3) is 0 Å². The third kappa shape index (κ3) is 5.67. The van der Waals surface area contributed by atoms with Crippen molar-refractivity contribution < 1.29 is 26.3 Å². The number of halogens is 6. The molecule has 0 unspecified atom stereocenters. The van der Waals surface area contributed by atoms with Crippen LogP contribution in [0.1, 0.15) is 48.8 Å². The number of hydrogen-bond acceptors (Lipinski definition) is 2. The van der Waals surface area contributed by atoms with Crippen molar-refractivity contribution >= 4 is 17.1 Å². The first-order valence-corrected chi connectivity index (χ1v) is 8.43. The lowest BCUT2D eigenvalue weighted by Crippen LogP contribution is -2.34. The van der Waals surface area contributed by atoms with Crippen molar-refractivity contribution in [3.63, 3.8) is 0 Å². The van der Waals surface area contributed by atoms with Crippen molar-refractivity contribution in [1.29, 1.82) is 0 Å². The molecule has 0 aromatic heterocycles. The zero-order valence-electron chi connectivity index (χ0n) is 13.4. The molecule has 1 aromatic rings. The van der Waals surface area contributed by atoms with Gasteiger partial charge in [0.1, 0.15) is 0 Å². The van der Waals surface area contributed by atoms with Gasteiger partial charge in [-0.05, 0) is 53.8 Å². The summed E-state index contributed by atoms with van der Waals surface area (Å²) in [7, 11) is 0. The molecule has 2 atom stereocenters. The zero-order valence-corrected chi connectivity index (χ0v) is 14.2. The van der Waals surface area contributed by atoms with Crippen molar-refractivity contribution in [1.82, 2.24) is 0 Å². The third-order valence-corrected chi connectivity index (χ3v) is 4.82. The highest BCUT2D eigenvalue weighted by atomic mass is 32.1. The predicted molar refractivity (Wildman–Crippen MR) is 87.3 cm³/mol. The highest BCUT2D eigenvalue weighted by Crippen LogP contribution is 2.36. The Hall–Kier alpha value is -1.15. The highest BCUT2D eigenvalue weighted by molar-refractivity contribution is 7.80. The van der Waals surface area contributed by atoms with Crippen LogP contribution in [0.3, 0.4) is 0 Å². The average Bonchev–Trinajstić information content (AvgIpc) is 2.47. The summed E-state index contributed by atoms with van der Waals surface area (Å²) in [6.45, 7) is 0. The van der Waals surface area contributed by atoms with Crippen LogP contribution in [0.2, 0.25) is 0 Å². The quantitative estimate of drug-likeness (QED) is 0.545. The summed E-state index contributed by atoms with van der Waals surface area (Å²) in [5.74, 6) is 0.147. The fourth-order valence-corrected chi connectivity index (χ4v) is 3.58. The Morgan fingerprint density at radius 2 is 1.48 bits per heavy atom. The lowest BCUT2D eigenvalue weighted by Gasteiger charge is -2.28. The molecule has 1 aliphatic rings. The molecule has 1 nitrogen and oxygen atoms in total. The molecule has 0 heterocycles. The van der Waals surface area contributed by atoms with Crippen molar-refractivity contribution in [3.05, 3.63) is 34.9 Å². The Morgan fingerprint density at radius 1 is 0.960 bits per heavy atom. The Morgan fingerprint density at radius 3 is 1.96 bits per heavy atom. The molecule has 140 valence electrons. The lowest BCUT2D eigenvalue weighted by molar-refractivity contribution is -0.143. The van der Waals surface area contributed by atoms with Crippen molar-refractivity contribution in [2.45, 2.75) is 56.9 Å². The molecule has 2 rings (SSSR count). The van der Waals surface area contributed by atoms with Gasteiger partial charge in [0.2, 0.25) is 0 Å². The lowest BCUT2D eigenvalue weighted by atomic mass is 9.81. The van der Waals surface area contributed by atoms with Crippen LogP contribution in [-0.2, 0) is 18.8 Å². The van der Waals surface area contributed by atoms with E-state index in [9.17, 15) is 26.3 Å². The van der Waals surface area contributed by atoms with Crippen LogP contribution in [0.5, 0.6) is 0 Å². The molecule has 1 fully saturated rings. The largest absolute Gasteiger partial charge is 0.416 e. The fourth-order valence-electron chi connectivity index (χ4n) is 3.20. The van der Waals surface area contributed by atoms with Gasteiger partial charge < -0.3 is 5.73 Å². The SMILES string of the molecule is N[C@H]1CCCC[C@@H]1CC(=S)Cc1cc(C(F)(F)F)cc(C(F)(F)F)c1. The number of benzene rings is 1. The maximum atomic E-state index is 12.9. The molecule has 2 N–H and O–H groups in total. The summed E-state index contributed by atoms with van der Waals surface area (Å²) in [4.78, 5) is 0.440. The molecule has 8 heteroatoms. The minimum atomic E-state index is -4.84. The van der Waals surface area contributed by atoms with Gasteiger partial charge in [-0.25, -0.2) is 0 Å². The minimum Gasteiger partial charge on any atom is -0.327 e. The molecule has 1 saturated carbocycles. The predicted octanol–water partition coefficient (Wildman–Crippen LogP) is 5.54. The van der Waals surface area contributed by atoms with E-state index in [4.69, 9.17) is 18.0 Å². The normalized spacial score (nSPS) is 22.0. The first kappa shape index (κ1) is 20.2. The van der Waals surface area contributed by atoms with Gasteiger partial charge in [0.15, 0.2) is 0 Å². The van der Waals surface area contributed by atoms with Crippen LogP contribution in [-0.4, -0.2) is 10.9 Å². The fraction of sp³-hybridized carbons (Fsp3) is 0.588. The Balaban J connectivity index is 2.18. The number of rotatable bonds is 4. The van der Waals surface area contributed by atoms with E-state index >= 15 is 0 Å². The molecule has 0 aliphatic heterocycles. The summed E-state index contributed by atoms with van der Waals surface area (Å²) < 4.78 is 77.3. The summed E-state index contributed by atoms with van der Waals surface area (Å²) in [6, 6.07) is 1.59. The van der Waals surface area contributed by atoms with E-state index in [2.05, 4.69) is 0 Å². The molecular weight excluding hydrogens is 364 g/mol. The van der Waals surface area contributed by atoms with Gasteiger partial charge in [0.25, 0.3) is 0 Å². The Kier molecular flexibility index (Phi) is 6.14. The van der Waals surface area contributed by atoms with E-state index in [1.165, 1.54) is 0 Å².